The third-order valence-electron chi connectivity index (χ3n) is 2.41. The van der Waals surface area contributed by atoms with Crippen molar-refractivity contribution in [3.8, 4) is 5.75 Å². The van der Waals surface area contributed by atoms with E-state index >= 15 is 0 Å². The summed E-state index contributed by atoms with van der Waals surface area (Å²) >= 11 is 5.26. The van der Waals surface area contributed by atoms with Crippen molar-refractivity contribution in [3.05, 3.63) is 29.6 Å². The van der Waals surface area contributed by atoms with Gasteiger partial charge in [-0.2, -0.15) is 0 Å². The Balaban J connectivity index is 3.08. The van der Waals surface area contributed by atoms with Crippen molar-refractivity contribution in [1.29, 1.82) is 0 Å². The van der Waals surface area contributed by atoms with Gasteiger partial charge in [0.05, 0.1) is 5.56 Å². The fraction of sp³-hybridized carbons (Fsp3) is 0.417. The van der Waals surface area contributed by atoms with Crippen LogP contribution in [0.3, 0.4) is 0 Å². The maximum Gasteiger partial charge on any atom is 0.125 e. The van der Waals surface area contributed by atoms with E-state index in [4.69, 9.17) is 12.2 Å². The van der Waals surface area contributed by atoms with Crippen molar-refractivity contribution >= 4 is 17.2 Å². The second-order valence-electron chi connectivity index (χ2n) is 3.85. The van der Waals surface area contributed by atoms with Gasteiger partial charge in [0.25, 0.3) is 0 Å². The second-order valence-corrected chi connectivity index (χ2v) is 4.23. The molecular formula is C12H16FNOS. The fourth-order valence-corrected chi connectivity index (χ4v) is 2.08. The molecule has 0 aliphatic rings. The van der Waals surface area contributed by atoms with Crippen LogP contribution in [-0.4, -0.2) is 27.6 Å². The molecule has 0 fully saturated rings. The SMILES string of the molecule is CCN(C(=S)c1cc(F)ccc1O)C(C)C. The monoisotopic (exact) mass is 241 g/mol. The molecule has 0 aliphatic heterocycles. The highest BCUT2D eigenvalue weighted by atomic mass is 32.1. The van der Waals surface area contributed by atoms with Crippen molar-refractivity contribution < 1.29 is 9.50 Å². The minimum absolute atomic E-state index is 0.0190. The first-order chi connectivity index (χ1) is 7.47. The van der Waals surface area contributed by atoms with Gasteiger partial charge in [0.15, 0.2) is 0 Å². The minimum Gasteiger partial charge on any atom is -0.507 e. The topological polar surface area (TPSA) is 23.5 Å². The number of rotatable bonds is 3. The molecule has 88 valence electrons. The number of hydrogen-bond acceptors (Lipinski definition) is 2. The van der Waals surface area contributed by atoms with Crippen LogP contribution in [0.15, 0.2) is 18.2 Å². The molecule has 0 amide bonds. The van der Waals surface area contributed by atoms with E-state index < -0.39 is 5.82 Å². The summed E-state index contributed by atoms with van der Waals surface area (Å²) in [7, 11) is 0. The maximum atomic E-state index is 13.1. The highest BCUT2D eigenvalue weighted by Crippen LogP contribution is 2.21. The van der Waals surface area contributed by atoms with Gasteiger partial charge in [-0.3, -0.25) is 0 Å². The Morgan fingerprint density at radius 1 is 1.50 bits per heavy atom. The first-order valence-electron chi connectivity index (χ1n) is 5.26. The molecule has 0 saturated carbocycles. The average molecular weight is 241 g/mol. The van der Waals surface area contributed by atoms with Gasteiger partial charge < -0.3 is 10.0 Å². The third kappa shape index (κ3) is 2.70. The first kappa shape index (κ1) is 12.9. The maximum absolute atomic E-state index is 13.1. The van der Waals surface area contributed by atoms with Gasteiger partial charge in [-0.15, -0.1) is 0 Å². The van der Waals surface area contributed by atoms with E-state index in [-0.39, 0.29) is 11.8 Å². The minimum atomic E-state index is -0.394. The molecule has 1 N–H and O–H groups in total. The lowest BCUT2D eigenvalue weighted by Crippen LogP contribution is -2.36. The molecule has 0 atom stereocenters. The number of aromatic hydroxyl groups is 1. The van der Waals surface area contributed by atoms with Gasteiger partial charge in [-0.05, 0) is 39.0 Å². The number of hydrogen-bond donors (Lipinski definition) is 1. The zero-order valence-corrected chi connectivity index (χ0v) is 10.5. The molecule has 0 aromatic heterocycles. The quantitative estimate of drug-likeness (QED) is 0.823. The molecule has 1 aromatic rings. The van der Waals surface area contributed by atoms with Gasteiger partial charge in [-0.25, -0.2) is 4.39 Å². The van der Waals surface area contributed by atoms with Crippen LogP contribution in [0, 0.1) is 5.82 Å². The predicted molar refractivity (Wildman–Crippen MR) is 67.3 cm³/mol. The summed E-state index contributed by atoms with van der Waals surface area (Å²) < 4.78 is 13.1. The highest BCUT2D eigenvalue weighted by Gasteiger charge is 2.16. The molecule has 0 saturated heterocycles. The Hall–Kier alpha value is -1.16. The predicted octanol–water partition coefficient (Wildman–Crippen LogP) is 2.94. The van der Waals surface area contributed by atoms with Crippen LogP contribution in [0.5, 0.6) is 5.75 Å². The third-order valence-corrected chi connectivity index (χ3v) is 2.87. The summed E-state index contributed by atoms with van der Waals surface area (Å²) in [4.78, 5) is 2.42. The van der Waals surface area contributed by atoms with Crippen molar-refractivity contribution in [2.75, 3.05) is 6.54 Å². The van der Waals surface area contributed by atoms with Gasteiger partial charge in [0.1, 0.15) is 16.6 Å². The number of phenolic OH excluding ortho intramolecular Hbond substituents is 1. The lowest BCUT2D eigenvalue weighted by Gasteiger charge is -2.28. The molecule has 4 heteroatoms. The lowest BCUT2D eigenvalue weighted by molar-refractivity contribution is 0.372. The van der Waals surface area contributed by atoms with Crippen molar-refractivity contribution in [2.24, 2.45) is 0 Å². The van der Waals surface area contributed by atoms with E-state index in [0.29, 0.717) is 10.6 Å². The molecule has 2 nitrogen and oxygen atoms in total. The molecule has 1 rings (SSSR count). The number of phenols is 1. The van der Waals surface area contributed by atoms with E-state index in [1.807, 2.05) is 25.7 Å². The lowest BCUT2D eigenvalue weighted by atomic mass is 10.1. The van der Waals surface area contributed by atoms with Crippen molar-refractivity contribution in [1.82, 2.24) is 4.90 Å². The molecule has 0 bridgehead atoms. The second kappa shape index (κ2) is 5.25. The normalized spacial score (nSPS) is 10.6. The van der Waals surface area contributed by atoms with Crippen LogP contribution in [0.2, 0.25) is 0 Å². The molecule has 0 radical (unpaired) electrons. The van der Waals surface area contributed by atoms with Gasteiger partial charge >= 0.3 is 0 Å². The molecule has 0 unspecified atom stereocenters. The largest absolute Gasteiger partial charge is 0.507 e. The summed E-state index contributed by atoms with van der Waals surface area (Å²) in [6.45, 7) is 6.72. The molecule has 0 heterocycles. The number of benzene rings is 1. The van der Waals surface area contributed by atoms with Crippen LogP contribution in [0.1, 0.15) is 26.3 Å². The fourth-order valence-electron chi connectivity index (χ4n) is 1.58. The van der Waals surface area contributed by atoms with Crippen molar-refractivity contribution in [3.63, 3.8) is 0 Å². The summed E-state index contributed by atoms with van der Waals surface area (Å²) in [6.07, 6.45) is 0. The van der Waals surface area contributed by atoms with E-state index in [2.05, 4.69) is 0 Å². The van der Waals surface area contributed by atoms with Crippen LogP contribution < -0.4 is 0 Å². The average Bonchev–Trinajstić information content (AvgIpc) is 2.22. The zero-order valence-electron chi connectivity index (χ0n) is 9.70. The summed E-state index contributed by atoms with van der Waals surface area (Å²) in [5, 5.41) is 9.65. The molecule has 0 aliphatic carbocycles. The summed E-state index contributed by atoms with van der Waals surface area (Å²) in [6, 6.07) is 4.03. The van der Waals surface area contributed by atoms with Gasteiger partial charge in [0, 0.05) is 12.6 Å². The molecule has 1 aromatic carbocycles. The first-order valence-corrected chi connectivity index (χ1v) is 5.67. The van der Waals surface area contributed by atoms with Crippen LogP contribution in [-0.2, 0) is 0 Å². The number of nitrogens with zero attached hydrogens (tertiary/aromatic N) is 1. The van der Waals surface area contributed by atoms with E-state index in [1.54, 1.807) is 0 Å². The highest BCUT2D eigenvalue weighted by molar-refractivity contribution is 7.80. The number of halogens is 1. The molecule has 0 spiro atoms. The van der Waals surface area contributed by atoms with Crippen LogP contribution >= 0.6 is 12.2 Å². The Labute approximate surface area is 101 Å². The smallest absolute Gasteiger partial charge is 0.125 e. The van der Waals surface area contributed by atoms with E-state index in [9.17, 15) is 9.50 Å². The van der Waals surface area contributed by atoms with Crippen LogP contribution in [0.25, 0.3) is 0 Å². The summed E-state index contributed by atoms with van der Waals surface area (Å²) in [5.74, 6) is -0.375. The van der Waals surface area contributed by atoms with Gasteiger partial charge in [-0.1, -0.05) is 12.2 Å². The van der Waals surface area contributed by atoms with Crippen LogP contribution in [0.4, 0.5) is 4.39 Å². The Morgan fingerprint density at radius 3 is 2.62 bits per heavy atom. The van der Waals surface area contributed by atoms with E-state index in [1.165, 1.54) is 18.2 Å². The Morgan fingerprint density at radius 2 is 2.12 bits per heavy atom. The van der Waals surface area contributed by atoms with Crippen molar-refractivity contribution in [2.45, 2.75) is 26.8 Å². The summed E-state index contributed by atoms with van der Waals surface area (Å²) in [5.41, 5.74) is 0.380. The number of thiocarbonyl (C=S) groups is 1. The zero-order chi connectivity index (χ0) is 12.3. The molecule has 16 heavy (non-hydrogen) atoms. The standard InChI is InChI=1S/C12H16FNOS/c1-4-14(8(2)3)12(16)10-7-9(13)5-6-11(10)15/h5-8,15H,4H2,1-3H3. The Kier molecular flexibility index (Phi) is 4.24. The van der Waals surface area contributed by atoms with E-state index in [0.717, 1.165) is 6.54 Å². The Bertz CT molecular complexity index is 393. The van der Waals surface area contributed by atoms with Gasteiger partial charge in [0.2, 0.25) is 0 Å². The molecular weight excluding hydrogens is 225 g/mol.